The molecule has 0 aliphatic carbocycles. The highest BCUT2D eigenvalue weighted by molar-refractivity contribution is 8.00. The van der Waals surface area contributed by atoms with Gasteiger partial charge in [-0.15, -0.1) is 23.1 Å². The van der Waals surface area contributed by atoms with Gasteiger partial charge in [-0.3, -0.25) is 9.59 Å². The number of thioether (sulfide) groups is 1. The van der Waals surface area contributed by atoms with Crippen LogP contribution in [-0.4, -0.2) is 17.1 Å². The number of amides is 2. The maximum atomic E-state index is 12.8. The Labute approximate surface area is 179 Å². The molecule has 1 heterocycles. The smallest absolute Gasteiger partial charge is 0.265 e. The Hall–Kier alpha value is -2.57. The molecule has 2 aromatic carbocycles. The molecular formula is C23H24N2O2S2. The van der Waals surface area contributed by atoms with Crippen LogP contribution in [0.3, 0.4) is 0 Å². The number of thiophene rings is 1. The van der Waals surface area contributed by atoms with Gasteiger partial charge in [-0.2, -0.15) is 0 Å². The molecule has 1 unspecified atom stereocenters. The molecule has 3 rings (SSSR count). The van der Waals surface area contributed by atoms with Crippen molar-refractivity contribution in [1.82, 2.24) is 0 Å². The van der Waals surface area contributed by atoms with Gasteiger partial charge in [0.1, 0.15) is 0 Å². The molecule has 0 aliphatic heterocycles. The molecule has 4 nitrogen and oxygen atoms in total. The van der Waals surface area contributed by atoms with Crippen LogP contribution in [0.2, 0.25) is 0 Å². The van der Waals surface area contributed by atoms with Crippen LogP contribution >= 0.6 is 23.1 Å². The molecule has 0 radical (unpaired) electrons. The molecule has 0 saturated heterocycles. The zero-order valence-electron chi connectivity index (χ0n) is 16.7. The number of carbonyl (C=O) groups is 2. The first-order chi connectivity index (χ1) is 14.0. The maximum absolute atomic E-state index is 12.8. The van der Waals surface area contributed by atoms with E-state index in [-0.39, 0.29) is 17.1 Å². The van der Waals surface area contributed by atoms with E-state index >= 15 is 0 Å². The van der Waals surface area contributed by atoms with E-state index in [2.05, 4.69) is 10.6 Å². The Kier molecular flexibility index (Phi) is 7.12. The van der Waals surface area contributed by atoms with Crippen LogP contribution < -0.4 is 10.6 Å². The number of aryl methyl sites for hydroxylation is 2. The lowest BCUT2D eigenvalue weighted by Gasteiger charge is -2.17. The molecule has 1 atom stereocenters. The first-order valence-electron chi connectivity index (χ1n) is 9.46. The average Bonchev–Trinajstić information content (AvgIpc) is 3.24. The van der Waals surface area contributed by atoms with Crippen molar-refractivity contribution in [2.45, 2.75) is 37.3 Å². The van der Waals surface area contributed by atoms with Gasteiger partial charge in [0.05, 0.1) is 10.1 Å². The predicted molar refractivity (Wildman–Crippen MR) is 123 cm³/mol. The summed E-state index contributed by atoms with van der Waals surface area (Å²) in [7, 11) is 0. The van der Waals surface area contributed by atoms with Crippen molar-refractivity contribution in [3.63, 3.8) is 0 Å². The van der Waals surface area contributed by atoms with Crippen LogP contribution in [0.4, 0.5) is 11.4 Å². The SMILES string of the molecule is CCC(Sc1cccc(NC(=O)c2cccs2)c1)C(=O)Nc1cc(C)ccc1C. The topological polar surface area (TPSA) is 58.2 Å². The van der Waals surface area contributed by atoms with E-state index in [1.807, 2.05) is 74.7 Å². The lowest BCUT2D eigenvalue weighted by atomic mass is 10.1. The van der Waals surface area contributed by atoms with E-state index in [9.17, 15) is 9.59 Å². The molecule has 2 amide bonds. The fourth-order valence-electron chi connectivity index (χ4n) is 2.82. The van der Waals surface area contributed by atoms with Crippen molar-refractivity contribution in [3.05, 3.63) is 76.0 Å². The summed E-state index contributed by atoms with van der Waals surface area (Å²) in [6.45, 7) is 6.00. The standard InChI is InChI=1S/C23H24N2O2S2/c1-4-20(22(26)25-19-13-15(2)10-11-16(19)3)29-18-8-5-7-17(14-18)24-23(27)21-9-6-12-28-21/h5-14,20H,4H2,1-3H3,(H,24,27)(H,25,26). The van der Waals surface area contributed by atoms with Crippen molar-refractivity contribution in [2.24, 2.45) is 0 Å². The van der Waals surface area contributed by atoms with Crippen LogP contribution in [0.1, 0.15) is 34.1 Å². The number of nitrogens with one attached hydrogen (secondary N) is 2. The largest absolute Gasteiger partial charge is 0.325 e. The summed E-state index contributed by atoms with van der Waals surface area (Å²) in [5, 5.41) is 7.63. The normalized spacial score (nSPS) is 11.7. The van der Waals surface area contributed by atoms with Gasteiger partial charge >= 0.3 is 0 Å². The van der Waals surface area contributed by atoms with Gasteiger partial charge in [0.2, 0.25) is 5.91 Å². The summed E-state index contributed by atoms with van der Waals surface area (Å²) in [5.74, 6) is -0.138. The molecule has 0 saturated carbocycles. The number of rotatable bonds is 7. The van der Waals surface area contributed by atoms with Gasteiger partial charge in [-0.25, -0.2) is 0 Å². The second kappa shape index (κ2) is 9.76. The van der Waals surface area contributed by atoms with Crippen LogP contribution in [0.25, 0.3) is 0 Å². The Balaban J connectivity index is 1.68. The molecule has 0 bridgehead atoms. The second-order valence-electron chi connectivity index (χ2n) is 6.78. The molecule has 150 valence electrons. The Morgan fingerprint density at radius 2 is 1.86 bits per heavy atom. The van der Waals surface area contributed by atoms with Gasteiger partial charge in [-0.05, 0) is 67.1 Å². The molecule has 0 fully saturated rings. The summed E-state index contributed by atoms with van der Waals surface area (Å²) in [6.07, 6.45) is 0.702. The molecule has 1 aromatic heterocycles. The third kappa shape index (κ3) is 5.71. The van der Waals surface area contributed by atoms with E-state index in [4.69, 9.17) is 0 Å². The first kappa shape index (κ1) is 21.1. The predicted octanol–water partition coefficient (Wildman–Crippen LogP) is 6.13. The summed E-state index contributed by atoms with van der Waals surface area (Å²) in [4.78, 5) is 26.7. The number of hydrogen-bond donors (Lipinski definition) is 2. The van der Waals surface area contributed by atoms with Crippen molar-refractivity contribution < 1.29 is 9.59 Å². The van der Waals surface area contributed by atoms with Gasteiger partial charge in [0, 0.05) is 16.3 Å². The van der Waals surface area contributed by atoms with E-state index in [0.29, 0.717) is 11.3 Å². The fraction of sp³-hybridized carbons (Fsp3) is 0.217. The van der Waals surface area contributed by atoms with Crippen LogP contribution in [-0.2, 0) is 4.79 Å². The van der Waals surface area contributed by atoms with E-state index < -0.39 is 0 Å². The van der Waals surface area contributed by atoms with Gasteiger partial charge < -0.3 is 10.6 Å². The van der Waals surface area contributed by atoms with E-state index in [1.54, 1.807) is 6.07 Å². The molecule has 3 aromatic rings. The summed E-state index contributed by atoms with van der Waals surface area (Å²) >= 11 is 2.91. The lowest BCUT2D eigenvalue weighted by Crippen LogP contribution is -2.25. The Morgan fingerprint density at radius 3 is 2.59 bits per heavy atom. The third-order valence-electron chi connectivity index (χ3n) is 4.43. The molecule has 0 aliphatic rings. The van der Waals surface area contributed by atoms with Gasteiger partial charge in [0.25, 0.3) is 5.91 Å². The highest BCUT2D eigenvalue weighted by Crippen LogP contribution is 2.29. The van der Waals surface area contributed by atoms with Crippen LogP contribution in [0.15, 0.2) is 64.9 Å². The Bertz CT molecular complexity index is 1000. The molecule has 6 heteroatoms. The lowest BCUT2D eigenvalue weighted by molar-refractivity contribution is -0.115. The van der Waals surface area contributed by atoms with Crippen molar-refractivity contribution >= 4 is 46.3 Å². The zero-order valence-corrected chi connectivity index (χ0v) is 18.3. The molecule has 29 heavy (non-hydrogen) atoms. The molecule has 0 spiro atoms. The summed E-state index contributed by atoms with van der Waals surface area (Å²) < 4.78 is 0. The highest BCUT2D eigenvalue weighted by Gasteiger charge is 2.19. The monoisotopic (exact) mass is 424 g/mol. The number of benzene rings is 2. The number of carbonyl (C=O) groups excluding carboxylic acids is 2. The summed E-state index contributed by atoms with van der Waals surface area (Å²) in [6, 6.07) is 17.3. The van der Waals surface area contributed by atoms with Gasteiger partial charge in [-0.1, -0.05) is 31.2 Å². The van der Waals surface area contributed by atoms with E-state index in [1.165, 1.54) is 23.1 Å². The van der Waals surface area contributed by atoms with Crippen molar-refractivity contribution in [3.8, 4) is 0 Å². The van der Waals surface area contributed by atoms with Gasteiger partial charge in [0.15, 0.2) is 0 Å². The molecular weight excluding hydrogens is 400 g/mol. The van der Waals surface area contributed by atoms with Crippen LogP contribution in [0, 0.1) is 13.8 Å². The van der Waals surface area contributed by atoms with Crippen LogP contribution in [0.5, 0.6) is 0 Å². The summed E-state index contributed by atoms with van der Waals surface area (Å²) in [5.41, 5.74) is 3.73. The minimum atomic E-state index is -0.224. The zero-order chi connectivity index (χ0) is 20.8. The quantitative estimate of drug-likeness (QED) is 0.449. The second-order valence-corrected chi connectivity index (χ2v) is 9.01. The van der Waals surface area contributed by atoms with E-state index in [0.717, 1.165) is 27.4 Å². The van der Waals surface area contributed by atoms with Crippen molar-refractivity contribution in [1.29, 1.82) is 0 Å². The first-order valence-corrected chi connectivity index (χ1v) is 11.2. The highest BCUT2D eigenvalue weighted by atomic mass is 32.2. The average molecular weight is 425 g/mol. The van der Waals surface area contributed by atoms with Crippen molar-refractivity contribution in [2.75, 3.05) is 10.6 Å². The number of anilines is 2. The minimum absolute atomic E-state index is 0.0146. The third-order valence-corrected chi connectivity index (χ3v) is 6.66. The molecule has 2 N–H and O–H groups in total. The fourth-order valence-corrected chi connectivity index (χ4v) is 4.45. The number of hydrogen-bond acceptors (Lipinski definition) is 4. The maximum Gasteiger partial charge on any atom is 0.265 e. The Morgan fingerprint density at radius 1 is 1.03 bits per heavy atom. The minimum Gasteiger partial charge on any atom is -0.325 e.